The van der Waals surface area contributed by atoms with Crippen LogP contribution in [0.25, 0.3) is 6.08 Å². The van der Waals surface area contributed by atoms with Crippen molar-refractivity contribution in [3.63, 3.8) is 0 Å². The summed E-state index contributed by atoms with van der Waals surface area (Å²) in [5.74, 6) is 0.129. The number of hydrogen-bond donors (Lipinski definition) is 0. The van der Waals surface area contributed by atoms with Gasteiger partial charge in [-0.25, -0.2) is 0 Å². The monoisotopic (exact) mass is 308 g/mol. The van der Waals surface area contributed by atoms with Crippen molar-refractivity contribution < 1.29 is 12.6 Å². The predicted octanol–water partition coefficient (Wildman–Crippen LogP) is 4.03. The van der Waals surface area contributed by atoms with Crippen molar-refractivity contribution in [1.82, 2.24) is 0 Å². The molecule has 0 aliphatic heterocycles. The number of aryl methyl sites for hydroxylation is 1. The lowest BCUT2D eigenvalue weighted by Crippen LogP contribution is -2.05. The molecule has 0 aliphatic carbocycles. The lowest BCUT2D eigenvalue weighted by atomic mass is 10.2. The van der Waals surface area contributed by atoms with Gasteiger partial charge in [0.05, 0.1) is 10.4 Å². The van der Waals surface area contributed by atoms with Crippen molar-refractivity contribution >= 4 is 27.8 Å². The maximum absolute atomic E-state index is 11.9. The fourth-order valence-electron chi connectivity index (χ4n) is 1.55. The number of hydrogen-bond acceptors (Lipinski definition) is 3. The fourth-order valence-corrected chi connectivity index (χ4v) is 2.52. The highest BCUT2D eigenvalue weighted by Gasteiger charge is 2.11. The molecule has 0 unspecified atom stereocenters. The molecular weight excluding hydrogens is 296 g/mol. The topological polar surface area (TPSA) is 43.4 Å². The van der Waals surface area contributed by atoms with E-state index in [1.165, 1.54) is 6.08 Å². The quantitative estimate of drug-likeness (QED) is 0.801. The molecule has 0 bridgehead atoms. The Bertz CT molecular complexity index is 722. The first-order valence-corrected chi connectivity index (χ1v) is 7.75. The molecule has 0 amide bonds. The zero-order valence-corrected chi connectivity index (χ0v) is 12.4. The van der Waals surface area contributed by atoms with Gasteiger partial charge < -0.3 is 4.18 Å². The highest BCUT2D eigenvalue weighted by Crippen LogP contribution is 2.27. The predicted molar refractivity (Wildman–Crippen MR) is 81.2 cm³/mol. The summed E-state index contributed by atoms with van der Waals surface area (Å²) in [5, 5.41) is 1.27. The third-order valence-electron chi connectivity index (χ3n) is 2.52. The number of rotatable bonds is 4. The summed E-state index contributed by atoms with van der Waals surface area (Å²) in [5.41, 5.74) is 1.64. The van der Waals surface area contributed by atoms with Gasteiger partial charge in [0.25, 0.3) is 0 Å². The van der Waals surface area contributed by atoms with Crippen LogP contribution in [0.5, 0.6) is 5.75 Å². The maximum atomic E-state index is 11.9. The highest BCUT2D eigenvalue weighted by molar-refractivity contribution is 7.90. The van der Waals surface area contributed by atoms with Gasteiger partial charge in [0.2, 0.25) is 0 Å². The van der Waals surface area contributed by atoms with E-state index in [9.17, 15) is 8.42 Å². The normalized spacial score (nSPS) is 11.7. The van der Waals surface area contributed by atoms with Gasteiger partial charge in [-0.1, -0.05) is 48.0 Å². The third-order valence-corrected chi connectivity index (χ3v) is 3.71. The van der Waals surface area contributed by atoms with Crippen LogP contribution in [0.1, 0.15) is 11.1 Å². The van der Waals surface area contributed by atoms with Crippen molar-refractivity contribution in [3.8, 4) is 5.75 Å². The van der Waals surface area contributed by atoms with E-state index in [-0.39, 0.29) is 10.8 Å². The zero-order valence-electron chi connectivity index (χ0n) is 10.8. The fraction of sp³-hybridized carbons (Fsp3) is 0.0667. The molecule has 2 aromatic carbocycles. The van der Waals surface area contributed by atoms with Crippen molar-refractivity contribution in [1.29, 1.82) is 0 Å². The minimum atomic E-state index is -3.84. The van der Waals surface area contributed by atoms with Crippen LogP contribution in [0.3, 0.4) is 0 Å². The Hall–Kier alpha value is -1.78. The van der Waals surface area contributed by atoms with E-state index in [4.69, 9.17) is 15.8 Å². The van der Waals surface area contributed by atoms with Crippen molar-refractivity contribution in [2.24, 2.45) is 0 Å². The maximum Gasteiger partial charge on any atom is 0.332 e. The molecule has 0 aliphatic rings. The molecule has 2 rings (SSSR count). The third kappa shape index (κ3) is 4.11. The molecule has 0 atom stereocenters. The molecular formula is C15H13ClO3S. The lowest BCUT2D eigenvalue weighted by Gasteiger charge is -2.06. The molecule has 0 heterocycles. The van der Waals surface area contributed by atoms with Gasteiger partial charge in [0.15, 0.2) is 5.75 Å². The Morgan fingerprint density at radius 1 is 1.10 bits per heavy atom. The summed E-state index contributed by atoms with van der Waals surface area (Å²) in [6, 6.07) is 14.1. The van der Waals surface area contributed by atoms with Gasteiger partial charge in [0.1, 0.15) is 0 Å². The minimum Gasteiger partial charge on any atom is -0.378 e. The smallest absolute Gasteiger partial charge is 0.332 e. The molecule has 0 fully saturated rings. The van der Waals surface area contributed by atoms with Crippen LogP contribution in [0.15, 0.2) is 53.9 Å². The van der Waals surface area contributed by atoms with Crippen molar-refractivity contribution in [2.45, 2.75) is 6.92 Å². The van der Waals surface area contributed by atoms with Crippen LogP contribution < -0.4 is 4.18 Å². The molecule has 2 aromatic rings. The molecule has 5 heteroatoms. The van der Waals surface area contributed by atoms with E-state index in [0.717, 1.165) is 16.5 Å². The molecule has 104 valence electrons. The van der Waals surface area contributed by atoms with Gasteiger partial charge >= 0.3 is 10.1 Å². The molecule has 0 radical (unpaired) electrons. The molecule has 0 spiro atoms. The zero-order chi connectivity index (χ0) is 14.6. The van der Waals surface area contributed by atoms with Crippen LogP contribution in [0.2, 0.25) is 5.02 Å². The number of benzene rings is 2. The first kappa shape index (κ1) is 14.6. The summed E-state index contributed by atoms with van der Waals surface area (Å²) in [4.78, 5) is 0. The van der Waals surface area contributed by atoms with E-state index in [2.05, 4.69) is 0 Å². The summed E-state index contributed by atoms with van der Waals surface area (Å²) >= 11 is 5.91. The van der Waals surface area contributed by atoms with Crippen LogP contribution in [0.4, 0.5) is 0 Å². The summed E-state index contributed by atoms with van der Waals surface area (Å²) in [6.45, 7) is 1.83. The average molecular weight is 309 g/mol. The Morgan fingerprint density at radius 3 is 2.50 bits per heavy atom. The summed E-state index contributed by atoms with van der Waals surface area (Å²) in [7, 11) is -3.84. The Kier molecular flexibility index (Phi) is 4.47. The van der Waals surface area contributed by atoms with Crippen LogP contribution in [0, 0.1) is 6.92 Å². The van der Waals surface area contributed by atoms with E-state index < -0.39 is 10.1 Å². The second-order valence-electron chi connectivity index (χ2n) is 4.22. The molecule has 0 saturated heterocycles. The number of halogens is 1. The second-order valence-corrected chi connectivity index (χ2v) is 6.06. The van der Waals surface area contributed by atoms with E-state index in [0.29, 0.717) is 0 Å². The first-order chi connectivity index (χ1) is 9.46. The minimum absolute atomic E-state index is 0.129. The lowest BCUT2D eigenvalue weighted by molar-refractivity contribution is 0.497. The van der Waals surface area contributed by atoms with Gasteiger partial charge in [-0.2, -0.15) is 8.42 Å². The molecule has 0 aromatic heterocycles. The second kappa shape index (κ2) is 6.11. The molecule has 20 heavy (non-hydrogen) atoms. The van der Waals surface area contributed by atoms with Crippen LogP contribution >= 0.6 is 11.6 Å². The van der Waals surface area contributed by atoms with Crippen LogP contribution in [-0.2, 0) is 10.1 Å². The van der Waals surface area contributed by atoms with Crippen LogP contribution in [-0.4, -0.2) is 8.42 Å². The van der Waals surface area contributed by atoms with Crippen molar-refractivity contribution in [2.75, 3.05) is 0 Å². The van der Waals surface area contributed by atoms with Gasteiger partial charge in [0, 0.05) is 0 Å². The Morgan fingerprint density at radius 2 is 1.80 bits per heavy atom. The van der Waals surface area contributed by atoms with E-state index in [1.807, 2.05) is 25.1 Å². The summed E-state index contributed by atoms with van der Waals surface area (Å²) in [6.07, 6.45) is 1.47. The molecule has 0 saturated carbocycles. The molecule has 3 nitrogen and oxygen atoms in total. The van der Waals surface area contributed by atoms with E-state index in [1.54, 1.807) is 30.3 Å². The average Bonchev–Trinajstić information content (AvgIpc) is 2.42. The molecule has 0 N–H and O–H groups in total. The summed E-state index contributed by atoms with van der Waals surface area (Å²) < 4.78 is 28.7. The first-order valence-electron chi connectivity index (χ1n) is 5.90. The van der Waals surface area contributed by atoms with Gasteiger partial charge in [-0.3, -0.25) is 0 Å². The standard InChI is InChI=1S/C15H13ClO3S/c1-12-7-8-14(16)15(11-12)19-20(17,18)10-9-13-5-3-2-4-6-13/h2-11H,1H3/b10-9+. The largest absolute Gasteiger partial charge is 0.378 e. The van der Waals surface area contributed by atoms with E-state index >= 15 is 0 Å². The highest BCUT2D eigenvalue weighted by atomic mass is 35.5. The van der Waals surface area contributed by atoms with Gasteiger partial charge in [-0.15, -0.1) is 0 Å². The SMILES string of the molecule is Cc1ccc(Cl)c(OS(=O)(=O)/C=C/c2ccccc2)c1. The van der Waals surface area contributed by atoms with Crippen molar-refractivity contribution in [3.05, 3.63) is 70.1 Å². The van der Waals surface area contributed by atoms with Gasteiger partial charge in [-0.05, 0) is 36.3 Å². The Labute approximate surface area is 123 Å². The Balaban J connectivity index is 2.19.